The predicted molar refractivity (Wildman–Crippen MR) is 127 cm³/mol. The molecule has 0 saturated carbocycles. The van der Waals surface area contributed by atoms with Crippen LogP contribution in [0.3, 0.4) is 0 Å². The second kappa shape index (κ2) is 7.90. The Labute approximate surface area is 193 Å². The number of ether oxygens (including phenoxy) is 1. The minimum absolute atomic E-state index is 0.0290. The Hall–Kier alpha value is -3.91. The maximum Gasteiger partial charge on any atom is 0.211 e. The van der Waals surface area contributed by atoms with Crippen LogP contribution in [0, 0.1) is 0 Å². The van der Waals surface area contributed by atoms with Gasteiger partial charge < -0.3 is 14.5 Å². The Bertz CT molecular complexity index is 1420. The first-order valence-corrected chi connectivity index (χ1v) is 11.5. The maximum absolute atomic E-state index is 13.3. The number of furan rings is 1. The van der Waals surface area contributed by atoms with Crippen molar-refractivity contribution < 1.29 is 13.9 Å². The number of rotatable bonds is 5. The lowest BCUT2D eigenvalue weighted by Crippen LogP contribution is -2.20. The predicted octanol–water partition coefficient (Wildman–Crippen LogP) is 5.74. The Morgan fingerprint density at radius 3 is 2.70 bits per heavy atom. The van der Waals surface area contributed by atoms with Crippen molar-refractivity contribution in [2.45, 2.75) is 18.8 Å². The highest BCUT2D eigenvalue weighted by Crippen LogP contribution is 2.39. The highest BCUT2D eigenvalue weighted by molar-refractivity contribution is 7.20. The van der Waals surface area contributed by atoms with Crippen molar-refractivity contribution in [3.63, 3.8) is 0 Å². The fourth-order valence-electron chi connectivity index (χ4n) is 4.30. The lowest BCUT2D eigenvalue weighted by Gasteiger charge is -2.20. The van der Waals surface area contributed by atoms with E-state index >= 15 is 0 Å². The number of aromatic nitrogens is 3. The second-order valence-electron chi connectivity index (χ2n) is 7.94. The Morgan fingerprint density at radius 2 is 1.94 bits per heavy atom. The van der Waals surface area contributed by atoms with Gasteiger partial charge in [-0.1, -0.05) is 23.5 Å². The summed E-state index contributed by atoms with van der Waals surface area (Å²) in [5.74, 6) is 2.13. The molecule has 0 aliphatic heterocycles. The summed E-state index contributed by atoms with van der Waals surface area (Å²) in [6.45, 7) is 0. The van der Waals surface area contributed by atoms with Gasteiger partial charge in [-0.15, -0.1) is 5.10 Å². The van der Waals surface area contributed by atoms with Crippen LogP contribution >= 0.6 is 11.3 Å². The molecule has 0 radical (unpaired) electrons. The van der Waals surface area contributed by atoms with Crippen LogP contribution in [-0.2, 0) is 6.42 Å². The SMILES string of the molecule is COc1ccc(Nc2nn(-c3nc4ccccc4s3)c3c2C(=O)CC(c2ccco2)C3)cc1. The van der Waals surface area contributed by atoms with Crippen LogP contribution in [0.2, 0.25) is 0 Å². The van der Waals surface area contributed by atoms with Gasteiger partial charge in [0, 0.05) is 24.4 Å². The van der Waals surface area contributed by atoms with Gasteiger partial charge in [0.15, 0.2) is 11.6 Å². The van der Waals surface area contributed by atoms with Gasteiger partial charge >= 0.3 is 0 Å². The molecule has 3 aromatic heterocycles. The van der Waals surface area contributed by atoms with Gasteiger partial charge in [0.05, 0.1) is 34.8 Å². The molecule has 1 aliphatic carbocycles. The topological polar surface area (TPSA) is 82.2 Å². The summed E-state index contributed by atoms with van der Waals surface area (Å²) in [6, 6.07) is 19.3. The van der Waals surface area contributed by atoms with Gasteiger partial charge in [-0.05, 0) is 48.5 Å². The molecule has 8 heteroatoms. The molecule has 0 amide bonds. The van der Waals surface area contributed by atoms with E-state index in [2.05, 4.69) is 5.32 Å². The summed E-state index contributed by atoms with van der Waals surface area (Å²) < 4.78 is 13.8. The number of thiazole rings is 1. The Balaban J connectivity index is 1.46. The first kappa shape index (κ1) is 19.8. The standard InChI is InChI=1S/C25H20N4O3S/c1-31-17-10-8-16(9-11-17)26-24-23-19(13-15(14-20(23)30)21-6-4-12-32-21)29(28-24)25-27-18-5-2-3-7-22(18)33-25/h2-12,15H,13-14H2,1H3,(H,26,28). The van der Waals surface area contributed by atoms with E-state index in [9.17, 15) is 4.79 Å². The van der Waals surface area contributed by atoms with Gasteiger partial charge in [-0.3, -0.25) is 4.79 Å². The minimum Gasteiger partial charge on any atom is -0.497 e. The summed E-state index contributed by atoms with van der Waals surface area (Å²) in [7, 11) is 1.63. The molecular formula is C25H20N4O3S. The van der Waals surface area contributed by atoms with Crippen molar-refractivity contribution in [2.75, 3.05) is 12.4 Å². The van der Waals surface area contributed by atoms with Crippen LogP contribution in [0.1, 0.15) is 34.2 Å². The quantitative estimate of drug-likeness (QED) is 0.363. The van der Waals surface area contributed by atoms with E-state index < -0.39 is 0 Å². The minimum atomic E-state index is -0.0290. The van der Waals surface area contributed by atoms with Gasteiger partial charge in [0.25, 0.3) is 0 Å². The van der Waals surface area contributed by atoms with Gasteiger partial charge in [-0.25, -0.2) is 9.67 Å². The number of carbonyl (C=O) groups excluding carboxylic acids is 1. The molecule has 164 valence electrons. The van der Waals surface area contributed by atoms with Crippen LogP contribution < -0.4 is 10.1 Å². The molecular weight excluding hydrogens is 436 g/mol. The van der Waals surface area contributed by atoms with Crippen molar-refractivity contribution >= 4 is 38.8 Å². The molecule has 33 heavy (non-hydrogen) atoms. The number of benzene rings is 2. The summed E-state index contributed by atoms with van der Waals surface area (Å²) in [6.07, 6.45) is 2.67. The largest absolute Gasteiger partial charge is 0.497 e. The number of para-hydroxylation sites is 1. The monoisotopic (exact) mass is 456 g/mol. The summed E-state index contributed by atoms with van der Waals surface area (Å²) in [5, 5.41) is 8.90. The van der Waals surface area contributed by atoms with Crippen LogP contribution in [0.25, 0.3) is 15.3 Å². The van der Waals surface area contributed by atoms with Crippen LogP contribution in [0.4, 0.5) is 11.5 Å². The third-order valence-corrected chi connectivity index (χ3v) is 6.91. The molecule has 0 saturated heterocycles. The van der Waals surface area contributed by atoms with E-state index in [0.717, 1.165) is 38.2 Å². The third-order valence-electron chi connectivity index (χ3n) is 5.89. The van der Waals surface area contributed by atoms with Crippen molar-refractivity contribution in [3.8, 4) is 10.9 Å². The Kier molecular flexibility index (Phi) is 4.73. The normalized spacial score (nSPS) is 15.5. The van der Waals surface area contributed by atoms with E-state index in [4.69, 9.17) is 19.2 Å². The van der Waals surface area contributed by atoms with Crippen molar-refractivity contribution in [3.05, 3.63) is 83.9 Å². The number of nitrogens with one attached hydrogen (secondary N) is 1. The Morgan fingerprint density at radius 1 is 1.09 bits per heavy atom. The van der Waals surface area contributed by atoms with Crippen molar-refractivity contribution in [2.24, 2.45) is 0 Å². The first-order chi connectivity index (χ1) is 16.2. The van der Waals surface area contributed by atoms with Crippen LogP contribution in [-0.4, -0.2) is 27.7 Å². The molecule has 5 aromatic rings. The van der Waals surface area contributed by atoms with Crippen LogP contribution in [0.15, 0.2) is 71.3 Å². The van der Waals surface area contributed by atoms with E-state index in [1.54, 1.807) is 24.7 Å². The molecule has 6 rings (SSSR count). The molecule has 0 spiro atoms. The number of fused-ring (bicyclic) bond motifs is 2. The average molecular weight is 457 g/mol. The summed E-state index contributed by atoms with van der Waals surface area (Å²) in [5.41, 5.74) is 3.21. The van der Waals surface area contributed by atoms with Gasteiger partial charge in [0.2, 0.25) is 5.13 Å². The fourth-order valence-corrected chi connectivity index (χ4v) is 5.24. The molecule has 0 fully saturated rings. The first-order valence-electron chi connectivity index (χ1n) is 10.6. The lowest BCUT2D eigenvalue weighted by atomic mass is 9.85. The molecule has 1 unspecified atom stereocenters. The summed E-state index contributed by atoms with van der Waals surface area (Å²) >= 11 is 1.56. The fraction of sp³-hybridized carbons (Fsp3) is 0.160. The van der Waals surface area contributed by atoms with E-state index in [1.807, 2.05) is 65.3 Å². The highest BCUT2D eigenvalue weighted by Gasteiger charge is 2.35. The number of hydrogen-bond donors (Lipinski definition) is 1. The molecule has 1 atom stereocenters. The maximum atomic E-state index is 13.3. The van der Waals surface area contributed by atoms with Crippen molar-refractivity contribution in [1.82, 2.24) is 14.8 Å². The number of carbonyl (C=O) groups is 1. The number of methoxy groups -OCH3 is 1. The van der Waals surface area contributed by atoms with Crippen molar-refractivity contribution in [1.29, 1.82) is 0 Å². The molecule has 2 aromatic carbocycles. The second-order valence-corrected chi connectivity index (χ2v) is 8.95. The van der Waals surface area contributed by atoms with Gasteiger partial charge in [0.1, 0.15) is 11.5 Å². The molecule has 7 nitrogen and oxygen atoms in total. The zero-order chi connectivity index (χ0) is 22.4. The summed E-state index contributed by atoms with van der Waals surface area (Å²) in [4.78, 5) is 18.1. The van der Waals surface area contributed by atoms with E-state index in [0.29, 0.717) is 24.2 Å². The number of anilines is 2. The molecule has 1 aliphatic rings. The number of ketones is 1. The van der Waals surface area contributed by atoms with Gasteiger partial charge in [-0.2, -0.15) is 0 Å². The van der Waals surface area contributed by atoms with E-state index in [-0.39, 0.29) is 11.7 Å². The zero-order valence-electron chi connectivity index (χ0n) is 17.8. The third kappa shape index (κ3) is 3.48. The average Bonchev–Trinajstić information content (AvgIpc) is 3.58. The number of nitrogens with zero attached hydrogens (tertiary/aromatic N) is 3. The molecule has 0 bridgehead atoms. The van der Waals surface area contributed by atoms with Crippen LogP contribution in [0.5, 0.6) is 5.75 Å². The molecule has 3 heterocycles. The smallest absolute Gasteiger partial charge is 0.211 e. The number of Topliss-reactive ketones (excluding diaryl/α,β-unsaturated/α-hetero) is 1. The number of hydrogen-bond acceptors (Lipinski definition) is 7. The lowest BCUT2D eigenvalue weighted by molar-refractivity contribution is 0.0960. The van der Waals surface area contributed by atoms with E-state index in [1.165, 1.54) is 0 Å². The zero-order valence-corrected chi connectivity index (χ0v) is 18.6. The molecule has 1 N–H and O–H groups in total. The highest BCUT2D eigenvalue weighted by atomic mass is 32.1.